The standard InChI is InChI=1S/C22H30N6O2/c1-4-23-22(29)25-16-7-5-15(6-8-16)21-24-17(12-27(2)3)11-20(26-21)28-18-9-10-19(28)14-30-13-18/h5-8,11,18-19H,4,9-10,12-14H2,1-3H3,(H2,23,25,29). The topological polar surface area (TPSA) is 82.6 Å². The number of amides is 2. The average molecular weight is 411 g/mol. The lowest BCUT2D eigenvalue weighted by atomic mass is 10.1. The molecule has 2 saturated heterocycles. The number of fused-ring (bicyclic) bond motifs is 2. The Morgan fingerprint density at radius 2 is 1.87 bits per heavy atom. The first-order chi connectivity index (χ1) is 14.5. The number of carbonyl (C=O) groups excluding carboxylic acids is 1. The number of carbonyl (C=O) groups is 1. The summed E-state index contributed by atoms with van der Waals surface area (Å²) in [6.07, 6.45) is 2.29. The first-order valence-corrected chi connectivity index (χ1v) is 10.6. The van der Waals surface area contributed by atoms with E-state index in [0.717, 1.165) is 55.4 Å². The first-order valence-electron chi connectivity index (χ1n) is 10.6. The van der Waals surface area contributed by atoms with Gasteiger partial charge in [-0.05, 0) is 58.1 Å². The van der Waals surface area contributed by atoms with Gasteiger partial charge in [0, 0.05) is 30.4 Å². The summed E-state index contributed by atoms with van der Waals surface area (Å²) < 4.78 is 5.75. The number of nitrogens with one attached hydrogen (secondary N) is 2. The highest BCUT2D eigenvalue weighted by atomic mass is 16.5. The molecule has 0 radical (unpaired) electrons. The van der Waals surface area contributed by atoms with Gasteiger partial charge >= 0.3 is 6.03 Å². The van der Waals surface area contributed by atoms with Gasteiger partial charge in [0.05, 0.1) is 31.0 Å². The SMILES string of the molecule is CCNC(=O)Nc1ccc(-c2nc(CN(C)C)cc(N3C4CCC3COC4)n2)cc1. The van der Waals surface area contributed by atoms with E-state index in [4.69, 9.17) is 14.7 Å². The highest BCUT2D eigenvalue weighted by Crippen LogP contribution is 2.34. The van der Waals surface area contributed by atoms with E-state index < -0.39 is 0 Å². The predicted molar refractivity (Wildman–Crippen MR) is 118 cm³/mol. The van der Waals surface area contributed by atoms with Gasteiger partial charge in [0.2, 0.25) is 0 Å². The smallest absolute Gasteiger partial charge is 0.319 e. The molecule has 2 aromatic rings. The van der Waals surface area contributed by atoms with Crippen LogP contribution in [0.4, 0.5) is 16.3 Å². The lowest BCUT2D eigenvalue weighted by molar-refractivity contribution is 0.0902. The van der Waals surface area contributed by atoms with E-state index in [2.05, 4.69) is 26.5 Å². The summed E-state index contributed by atoms with van der Waals surface area (Å²) in [5.74, 6) is 1.69. The first kappa shape index (κ1) is 20.6. The monoisotopic (exact) mass is 410 g/mol. The lowest BCUT2D eigenvalue weighted by Gasteiger charge is -2.36. The second-order valence-electron chi connectivity index (χ2n) is 8.17. The zero-order chi connectivity index (χ0) is 21.1. The molecule has 4 rings (SSSR count). The number of morpholine rings is 1. The van der Waals surface area contributed by atoms with Crippen molar-refractivity contribution in [3.8, 4) is 11.4 Å². The number of nitrogens with zero attached hydrogens (tertiary/aromatic N) is 4. The Hall–Kier alpha value is -2.71. The summed E-state index contributed by atoms with van der Waals surface area (Å²) in [5, 5.41) is 5.55. The van der Waals surface area contributed by atoms with Gasteiger partial charge in [-0.2, -0.15) is 0 Å². The highest BCUT2D eigenvalue weighted by molar-refractivity contribution is 5.89. The van der Waals surface area contributed by atoms with Gasteiger partial charge < -0.3 is 25.2 Å². The molecule has 1 aromatic heterocycles. The summed E-state index contributed by atoms with van der Waals surface area (Å²) in [4.78, 5) is 26.0. The van der Waals surface area contributed by atoms with Gasteiger partial charge in [-0.15, -0.1) is 0 Å². The number of ether oxygens (including phenoxy) is 1. The second-order valence-corrected chi connectivity index (χ2v) is 8.17. The average Bonchev–Trinajstić information content (AvgIpc) is 2.96. The molecule has 8 heteroatoms. The highest BCUT2D eigenvalue weighted by Gasteiger charge is 2.38. The predicted octanol–water partition coefficient (Wildman–Crippen LogP) is 2.71. The summed E-state index contributed by atoms with van der Waals surface area (Å²) in [6.45, 7) is 4.75. The zero-order valence-corrected chi connectivity index (χ0v) is 17.9. The maximum Gasteiger partial charge on any atom is 0.319 e. The Morgan fingerprint density at radius 3 is 2.50 bits per heavy atom. The van der Waals surface area contributed by atoms with Gasteiger partial charge in [-0.1, -0.05) is 0 Å². The van der Waals surface area contributed by atoms with Crippen LogP contribution in [0.1, 0.15) is 25.5 Å². The fraction of sp³-hybridized carbons (Fsp3) is 0.500. The largest absolute Gasteiger partial charge is 0.377 e. The molecule has 8 nitrogen and oxygen atoms in total. The van der Waals surface area contributed by atoms with Crippen LogP contribution in [0, 0.1) is 0 Å². The van der Waals surface area contributed by atoms with Crippen LogP contribution in [0.15, 0.2) is 30.3 Å². The van der Waals surface area contributed by atoms with Crippen molar-refractivity contribution in [1.29, 1.82) is 0 Å². The third kappa shape index (κ3) is 4.55. The number of anilines is 2. The van der Waals surface area contributed by atoms with Crippen LogP contribution in [-0.2, 0) is 11.3 Å². The third-order valence-electron chi connectivity index (χ3n) is 5.49. The number of rotatable bonds is 6. The molecular formula is C22H30N6O2. The minimum absolute atomic E-state index is 0.209. The molecule has 2 atom stereocenters. The van der Waals surface area contributed by atoms with Gasteiger partial charge in [-0.3, -0.25) is 0 Å². The summed E-state index contributed by atoms with van der Waals surface area (Å²) in [6, 6.07) is 10.4. The Morgan fingerprint density at radius 1 is 1.17 bits per heavy atom. The van der Waals surface area contributed by atoms with Crippen molar-refractivity contribution >= 4 is 17.5 Å². The van der Waals surface area contributed by atoms with Crippen molar-refractivity contribution in [2.75, 3.05) is 44.1 Å². The molecule has 0 spiro atoms. The molecule has 0 saturated carbocycles. The number of urea groups is 1. The van der Waals surface area contributed by atoms with E-state index in [9.17, 15) is 4.79 Å². The van der Waals surface area contributed by atoms with Crippen LogP contribution in [0.5, 0.6) is 0 Å². The normalized spacial score (nSPS) is 20.5. The summed E-state index contributed by atoms with van der Waals surface area (Å²) in [5.41, 5.74) is 2.66. The van der Waals surface area contributed by atoms with E-state index in [1.165, 1.54) is 0 Å². The third-order valence-corrected chi connectivity index (χ3v) is 5.49. The molecule has 2 amide bonds. The molecule has 3 heterocycles. The lowest BCUT2D eigenvalue weighted by Crippen LogP contribution is -2.46. The van der Waals surface area contributed by atoms with E-state index in [1.807, 2.05) is 45.3 Å². The number of hydrogen-bond donors (Lipinski definition) is 2. The summed E-state index contributed by atoms with van der Waals surface area (Å²) in [7, 11) is 4.09. The Kier molecular flexibility index (Phi) is 6.15. The maximum atomic E-state index is 11.7. The molecule has 30 heavy (non-hydrogen) atoms. The molecule has 2 unspecified atom stereocenters. The van der Waals surface area contributed by atoms with Crippen LogP contribution in [0.25, 0.3) is 11.4 Å². The van der Waals surface area contributed by atoms with E-state index in [-0.39, 0.29) is 6.03 Å². The molecule has 2 bridgehead atoms. The number of hydrogen-bond acceptors (Lipinski definition) is 6. The van der Waals surface area contributed by atoms with E-state index in [0.29, 0.717) is 24.5 Å². The molecule has 2 fully saturated rings. The second kappa shape index (κ2) is 8.97. The van der Waals surface area contributed by atoms with E-state index >= 15 is 0 Å². The fourth-order valence-electron chi connectivity index (χ4n) is 4.19. The maximum absolute atomic E-state index is 11.7. The van der Waals surface area contributed by atoms with E-state index in [1.54, 1.807) is 0 Å². The van der Waals surface area contributed by atoms with Crippen LogP contribution in [0.3, 0.4) is 0 Å². The molecule has 2 N–H and O–H groups in total. The van der Waals surface area contributed by atoms with Gasteiger partial charge in [-0.25, -0.2) is 14.8 Å². The Labute approximate surface area is 177 Å². The molecular weight excluding hydrogens is 380 g/mol. The quantitative estimate of drug-likeness (QED) is 0.762. The fourth-order valence-corrected chi connectivity index (χ4v) is 4.19. The molecule has 2 aliphatic rings. The molecule has 2 aliphatic heterocycles. The van der Waals surface area contributed by atoms with Crippen LogP contribution < -0.4 is 15.5 Å². The van der Waals surface area contributed by atoms with Crippen molar-refractivity contribution < 1.29 is 9.53 Å². The van der Waals surface area contributed by atoms with Crippen molar-refractivity contribution in [2.24, 2.45) is 0 Å². The zero-order valence-electron chi connectivity index (χ0n) is 17.9. The number of benzene rings is 1. The summed E-state index contributed by atoms with van der Waals surface area (Å²) >= 11 is 0. The van der Waals surface area contributed by atoms with Crippen LogP contribution in [0.2, 0.25) is 0 Å². The van der Waals surface area contributed by atoms with Crippen molar-refractivity contribution in [2.45, 2.75) is 38.4 Å². The van der Waals surface area contributed by atoms with Gasteiger partial charge in [0.15, 0.2) is 5.82 Å². The van der Waals surface area contributed by atoms with Crippen molar-refractivity contribution in [3.63, 3.8) is 0 Å². The molecule has 1 aromatic carbocycles. The van der Waals surface area contributed by atoms with Gasteiger partial charge in [0.1, 0.15) is 5.82 Å². The Bertz CT molecular complexity index is 870. The molecule has 0 aliphatic carbocycles. The van der Waals surface area contributed by atoms with Crippen LogP contribution in [-0.4, -0.2) is 66.8 Å². The minimum Gasteiger partial charge on any atom is -0.377 e. The van der Waals surface area contributed by atoms with Crippen molar-refractivity contribution in [1.82, 2.24) is 20.2 Å². The molecule has 160 valence electrons. The number of aromatic nitrogens is 2. The Balaban J connectivity index is 1.63. The van der Waals surface area contributed by atoms with Gasteiger partial charge in [0.25, 0.3) is 0 Å². The minimum atomic E-state index is -0.209. The van der Waals surface area contributed by atoms with Crippen LogP contribution >= 0.6 is 0 Å². The van der Waals surface area contributed by atoms with Crippen molar-refractivity contribution in [3.05, 3.63) is 36.0 Å².